The summed E-state index contributed by atoms with van der Waals surface area (Å²) < 4.78 is 27.6. The van der Waals surface area contributed by atoms with E-state index in [1.165, 1.54) is 0 Å². The van der Waals surface area contributed by atoms with Crippen molar-refractivity contribution in [3.05, 3.63) is 41.6 Å². The van der Waals surface area contributed by atoms with Crippen LogP contribution in [-0.2, 0) is 11.3 Å². The number of methoxy groups -OCH3 is 4. The first kappa shape index (κ1) is 23.8. The SMILES string of the molecule is COc1ccc(-c2c(C(C)=O)c(CN3CCOCC3)nc3cc(OC)c(OC)cc23)cc1OC. The van der Waals surface area contributed by atoms with Crippen molar-refractivity contribution in [1.82, 2.24) is 9.88 Å². The fourth-order valence-electron chi connectivity index (χ4n) is 4.40. The monoisotopic (exact) mass is 466 g/mol. The van der Waals surface area contributed by atoms with Gasteiger partial charge in [-0.2, -0.15) is 0 Å². The predicted octanol–water partition coefficient (Wildman–Crippen LogP) is 3.97. The van der Waals surface area contributed by atoms with Crippen molar-refractivity contribution < 1.29 is 28.5 Å². The highest BCUT2D eigenvalue weighted by molar-refractivity contribution is 6.10. The average Bonchev–Trinajstić information content (AvgIpc) is 2.87. The minimum atomic E-state index is -0.0581. The summed E-state index contributed by atoms with van der Waals surface area (Å²) in [7, 11) is 6.37. The molecule has 0 N–H and O–H groups in total. The lowest BCUT2D eigenvalue weighted by atomic mass is 9.91. The van der Waals surface area contributed by atoms with Gasteiger partial charge in [0.2, 0.25) is 0 Å². The van der Waals surface area contributed by atoms with Crippen LogP contribution in [0.4, 0.5) is 0 Å². The fourth-order valence-corrected chi connectivity index (χ4v) is 4.40. The summed E-state index contributed by atoms with van der Waals surface area (Å²) in [6.45, 7) is 5.02. The first-order valence-corrected chi connectivity index (χ1v) is 11.1. The molecule has 1 aliphatic heterocycles. The van der Waals surface area contributed by atoms with Gasteiger partial charge in [-0.15, -0.1) is 0 Å². The van der Waals surface area contributed by atoms with E-state index in [0.717, 1.165) is 40.8 Å². The van der Waals surface area contributed by atoms with Crippen molar-refractivity contribution >= 4 is 16.7 Å². The molecule has 0 radical (unpaired) electrons. The molecule has 8 nitrogen and oxygen atoms in total. The Hall–Kier alpha value is -3.36. The van der Waals surface area contributed by atoms with E-state index in [-0.39, 0.29) is 5.78 Å². The van der Waals surface area contributed by atoms with Crippen LogP contribution in [0.3, 0.4) is 0 Å². The lowest BCUT2D eigenvalue weighted by Gasteiger charge is -2.27. The number of aromatic nitrogens is 1. The molecule has 3 aromatic rings. The van der Waals surface area contributed by atoms with Crippen LogP contribution in [0, 0.1) is 0 Å². The van der Waals surface area contributed by atoms with Gasteiger partial charge >= 0.3 is 0 Å². The van der Waals surface area contributed by atoms with E-state index >= 15 is 0 Å². The lowest BCUT2D eigenvalue weighted by molar-refractivity contribution is 0.0336. The molecule has 0 atom stereocenters. The summed E-state index contributed by atoms with van der Waals surface area (Å²) >= 11 is 0. The van der Waals surface area contributed by atoms with Crippen molar-refractivity contribution in [3.63, 3.8) is 0 Å². The number of benzene rings is 2. The Kier molecular flexibility index (Phi) is 7.19. The van der Waals surface area contributed by atoms with Crippen LogP contribution in [0.5, 0.6) is 23.0 Å². The number of rotatable bonds is 8. The summed E-state index contributed by atoms with van der Waals surface area (Å²) in [6.07, 6.45) is 0. The third-order valence-electron chi connectivity index (χ3n) is 6.07. The number of ether oxygens (including phenoxy) is 5. The van der Waals surface area contributed by atoms with Gasteiger partial charge in [-0.3, -0.25) is 14.7 Å². The highest BCUT2D eigenvalue weighted by atomic mass is 16.5. The van der Waals surface area contributed by atoms with Crippen molar-refractivity contribution in [2.75, 3.05) is 54.7 Å². The normalized spacial score (nSPS) is 14.1. The number of morpholine rings is 1. The third-order valence-corrected chi connectivity index (χ3v) is 6.07. The van der Waals surface area contributed by atoms with Crippen molar-refractivity contribution in [2.24, 2.45) is 0 Å². The number of fused-ring (bicyclic) bond motifs is 1. The van der Waals surface area contributed by atoms with Gasteiger partial charge in [0.15, 0.2) is 28.8 Å². The van der Waals surface area contributed by atoms with E-state index in [9.17, 15) is 4.79 Å². The summed E-state index contributed by atoms with van der Waals surface area (Å²) in [5.74, 6) is 2.27. The number of pyridine rings is 1. The number of nitrogens with zero attached hydrogens (tertiary/aromatic N) is 2. The van der Waals surface area contributed by atoms with Crippen molar-refractivity contribution in [2.45, 2.75) is 13.5 Å². The van der Waals surface area contributed by atoms with Crippen LogP contribution in [-0.4, -0.2) is 70.4 Å². The zero-order valence-corrected chi connectivity index (χ0v) is 20.3. The Morgan fingerprint density at radius 1 is 0.912 bits per heavy atom. The Balaban J connectivity index is 2.03. The van der Waals surface area contributed by atoms with Crippen LogP contribution in [0.1, 0.15) is 23.0 Å². The predicted molar refractivity (Wildman–Crippen MR) is 129 cm³/mol. The number of hydrogen-bond acceptors (Lipinski definition) is 8. The molecule has 180 valence electrons. The Morgan fingerprint density at radius 3 is 2.15 bits per heavy atom. The Bertz CT molecular complexity index is 1200. The maximum atomic E-state index is 13.1. The minimum Gasteiger partial charge on any atom is -0.493 e. The first-order valence-electron chi connectivity index (χ1n) is 11.1. The molecule has 8 heteroatoms. The number of Topliss-reactive ketones (excluding diaryl/α,β-unsaturated/α-hetero) is 1. The van der Waals surface area contributed by atoms with Gasteiger partial charge in [-0.25, -0.2) is 0 Å². The summed E-state index contributed by atoms with van der Waals surface area (Å²) in [5.41, 5.74) is 3.63. The van der Waals surface area contributed by atoms with Crippen LogP contribution < -0.4 is 18.9 Å². The van der Waals surface area contributed by atoms with Gasteiger partial charge in [0.05, 0.1) is 52.9 Å². The zero-order valence-electron chi connectivity index (χ0n) is 20.3. The van der Waals surface area contributed by atoms with E-state index in [1.54, 1.807) is 35.4 Å². The number of carbonyl (C=O) groups is 1. The van der Waals surface area contributed by atoms with E-state index in [2.05, 4.69) is 4.90 Å². The second kappa shape index (κ2) is 10.3. The van der Waals surface area contributed by atoms with Crippen LogP contribution in [0.2, 0.25) is 0 Å². The fraction of sp³-hybridized carbons (Fsp3) is 0.385. The summed E-state index contributed by atoms with van der Waals surface area (Å²) in [6, 6.07) is 9.38. The molecule has 1 aromatic heterocycles. The molecule has 0 spiro atoms. The van der Waals surface area contributed by atoms with Gasteiger partial charge in [0.25, 0.3) is 0 Å². The highest BCUT2D eigenvalue weighted by Crippen LogP contribution is 2.41. The Morgan fingerprint density at radius 2 is 1.53 bits per heavy atom. The van der Waals surface area contributed by atoms with Crippen molar-refractivity contribution in [3.8, 4) is 34.1 Å². The molecule has 34 heavy (non-hydrogen) atoms. The topological polar surface area (TPSA) is 79.4 Å². The smallest absolute Gasteiger partial charge is 0.162 e. The molecule has 2 aromatic carbocycles. The standard InChI is InChI=1S/C26H30N2O6/c1-16(29)25-20(15-28-8-10-34-11-9-28)27-19-14-24(33-5)23(32-4)13-18(19)26(25)17-6-7-21(30-2)22(12-17)31-3/h6-7,12-14H,8-11,15H2,1-5H3. The van der Waals surface area contributed by atoms with Gasteiger partial charge in [0, 0.05) is 42.2 Å². The third kappa shape index (κ3) is 4.51. The first-order chi connectivity index (χ1) is 16.5. The van der Waals surface area contributed by atoms with Crippen LogP contribution in [0.25, 0.3) is 22.0 Å². The maximum Gasteiger partial charge on any atom is 0.162 e. The molecule has 4 rings (SSSR count). The van der Waals surface area contributed by atoms with Gasteiger partial charge in [-0.1, -0.05) is 6.07 Å². The number of ketones is 1. The zero-order chi connectivity index (χ0) is 24.2. The summed E-state index contributed by atoms with van der Waals surface area (Å²) in [5, 5.41) is 0.792. The second-order valence-corrected chi connectivity index (χ2v) is 8.05. The number of hydrogen-bond donors (Lipinski definition) is 0. The molecule has 1 saturated heterocycles. The van der Waals surface area contributed by atoms with Gasteiger partial charge in [0.1, 0.15) is 0 Å². The van der Waals surface area contributed by atoms with Crippen LogP contribution in [0.15, 0.2) is 30.3 Å². The lowest BCUT2D eigenvalue weighted by Crippen LogP contribution is -2.36. The van der Waals surface area contributed by atoms with Gasteiger partial charge < -0.3 is 23.7 Å². The average molecular weight is 467 g/mol. The highest BCUT2D eigenvalue weighted by Gasteiger charge is 2.24. The van der Waals surface area contributed by atoms with E-state index in [1.807, 2.05) is 30.3 Å². The second-order valence-electron chi connectivity index (χ2n) is 8.05. The van der Waals surface area contributed by atoms with E-state index in [4.69, 9.17) is 28.7 Å². The molecule has 1 aliphatic rings. The quantitative estimate of drug-likeness (QED) is 0.462. The van der Waals surface area contributed by atoms with E-state index < -0.39 is 0 Å². The van der Waals surface area contributed by atoms with Crippen molar-refractivity contribution in [1.29, 1.82) is 0 Å². The molecule has 2 heterocycles. The Labute approximate surface area is 199 Å². The van der Waals surface area contributed by atoms with Gasteiger partial charge in [-0.05, 0) is 30.7 Å². The molecule has 0 unspecified atom stereocenters. The molecule has 0 saturated carbocycles. The maximum absolute atomic E-state index is 13.1. The molecule has 0 amide bonds. The molecule has 1 fully saturated rings. The molecule has 0 aliphatic carbocycles. The minimum absolute atomic E-state index is 0.0581. The number of carbonyl (C=O) groups excluding carboxylic acids is 1. The molecule has 0 bridgehead atoms. The van der Waals surface area contributed by atoms with Crippen LogP contribution >= 0.6 is 0 Å². The molecular weight excluding hydrogens is 436 g/mol. The summed E-state index contributed by atoms with van der Waals surface area (Å²) in [4.78, 5) is 20.3. The largest absolute Gasteiger partial charge is 0.493 e. The van der Waals surface area contributed by atoms with E-state index in [0.29, 0.717) is 48.3 Å². The molecular formula is C26H30N2O6.